The molecule has 1 aromatic heterocycles. The molecule has 1 aliphatic heterocycles. The molecule has 1 N–H and O–H groups in total. The van der Waals surface area contributed by atoms with Gasteiger partial charge in [0.25, 0.3) is 5.56 Å². The molecule has 2 aromatic carbocycles. The molecule has 0 aliphatic carbocycles. The van der Waals surface area contributed by atoms with E-state index in [0.29, 0.717) is 55.3 Å². The lowest BCUT2D eigenvalue weighted by molar-refractivity contribution is -0.139. The number of phenolic OH excluding ortho intramolecular Hbond substituents is 1. The van der Waals surface area contributed by atoms with Crippen LogP contribution in [0.1, 0.15) is 37.9 Å². The number of benzene rings is 2. The highest BCUT2D eigenvalue weighted by atomic mass is 79.9. The van der Waals surface area contributed by atoms with E-state index in [1.807, 2.05) is 6.92 Å². The first-order valence-electron chi connectivity index (χ1n) is 12.5. The van der Waals surface area contributed by atoms with E-state index < -0.39 is 12.0 Å². The summed E-state index contributed by atoms with van der Waals surface area (Å²) in [5, 5.41) is 10.1. The van der Waals surface area contributed by atoms with Gasteiger partial charge in [-0.1, -0.05) is 46.0 Å². The number of fused-ring (bicyclic) bond motifs is 1. The van der Waals surface area contributed by atoms with Crippen LogP contribution in [0.5, 0.6) is 23.0 Å². The number of thiazole rings is 1. The van der Waals surface area contributed by atoms with E-state index >= 15 is 0 Å². The maximum Gasteiger partial charge on any atom is 0.338 e. The smallest absolute Gasteiger partial charge is 0.338 e. The van der Waals surface area contributed by atoms with Gasteiger partial charge < -0.3 is 24.1 Å². The molecule has 11 heteroatoms. The average Bonchev–Trinajstić information content (AvgIpc) is 3.23. The van der Waals surface area contributed by atoms with Crippen LogP contribution in [0.2, 0.25) is 0 Å². The van der Waals surface area contributed by atoms with Crippen LogP contribution in [0.15, 0.2) is 68.5 Å². The van der Waals surface area contributed by atoms with Gasteiger partial charge >= 0.3 is 5.97 Å². The highest BCUT2D eigenvalue weighted by Crippen LogP contribution is 2.37. The normalized spacial score (nSPS) is 14.8. The van der Waals surface area contributed by atoms with Gasteiger partial charge in [-0.05, 0) is 62.2 Å². The third-order valence-electron chi connectivity index (χ3n) is 6.04. The lowest BCUT2D eigenvalue weighted by Gasteiger charge is -2.25. The summed E-state index contributed by atoms with van der Waals surface area (Å²) < 4.78 is 24.7. The number of carbonyl (C=O) groups is 1. The Morgan fingerprint density at radius 3 is 2.62 bits per heavy atom. The van der Waals surface area contributed by atoms with Gasteiger partial charge in [-0.25, -0.2) is 9.79 Å². The third kappa shape index (κ3) is 5.71. The highest BCUT2D eigenvalue weighted by Gasteiger charge is 2.34. The number of esters is 1. The standard InChI is InChI=1S/C29H29BrN2O7S/c1-6-11-39-21-10-9-17(12-23(21)37-7-2)26-25(28(35)38-8-3)16(4)31-29-32(26)27(34)24(40-29)14-18-13-22(36-5)20(33)15-19(18)30/h6,9-10,12-15,26,33H,1,7-8,11H2,2-5H3/t26-/m0/s1. The van der Waals surface area contributed by atoms with Crippen molar-refractivity contribution in [3.05, 3.63) is 89.5 Å². The summed E-state index contributed by atoms with van der Waals surface area (Å²) in [5.74, 6) is 0.666. The van der Waals surface area contributed by atoms with Crippen LogP contribution < -0.4 is 29.1 Å². The van der Waals surface area contributed by atoms with Crippen molar-refractivity contribution in [1.82, 2.24) is 4.57 Å². The molecule has 9 nitrogen and oxygen atoms in total. The second kappa shape index (κ2) is 12.6. The molecule has 1 aliphatic rings. The van der Waals surface area contributed by atoms with Gasteiger partial charge in [0.15, 0.2) is 27.8 Å². The topological polar surface area (TPSA) is 109 Å². The van der Waals surface area contributed by atoms with E-state index in [2.05, 4.69) is 27.5 Å². The minimum absolute atomic E-state index is 0.0340. The van der Waals surface area contributed by atoms with Crippen molar-refractivity contribution in [3.63, 3.8) is 0 Å². The zero-order valence-electron chi connectivity index (χ0n) is 22.5. The molecule has 0 unspecified atom stereocenters. The Bertz CT molecular complexity index is 1670. The summed E-state index contributed by atoms with van der Waals surface area (Å²) in [7, 11) is 1.45. The predicted molar refractivity (Wildman–Crippen MR) is 156 cm³/mol. The van der Waals surface area contributed by atoms with Gasteiger partial charge in [0, 0.05) is 4.47 Å². The molecule has 0 amide bonds. The number of allylic oxidation sites excluding steroid dienone is 1. The SMILES string of the molecule is C=CCOc1ccc([C@H]2C(C(=O)OCC)=C(C)N=c3sc(=Cc4cc(OC)c(O)cc4Br)c(=O)n32)cc1OCC. The Morgan fingerprint density at radius 2 is 1.95 bits per heavy atom. The number of methoxy groups -OCH3 is 1. The van der Waals surface area contributed by atoms with Crippen molar-refractivity contribution in [2.24, 2.45) is 4.99 Å². The van der Waals surface area contributed by atoms with E-state index in [4.69, 9.17) is 18.9 Å². The van der Waals surface area contributed by atoms with Gasteiger partial charge in [-0.15, -0.1) is 0 Å². The summed E-state index contributed by atoms with van der Waals surface area (Å²) in [6, 6.07) is 7.62. The van der Waals surface area contributed by atoms with E-state index in [1.165, 1.54) is 29.1 Å². The molecule has 0 saturated carbocycles. The number of hydrogen-bond donors (Lipinski definition) is 1. The molecule has 0 saturated heterocycles. The van der Waals surface area contributed by atoms with Gasteiger partial charge in [0.2, 0.25) is 0 Å². The largest absolute Gasteiger partial charge is 0.504 e. The van der Waals surface area contributed by atoms with Crippen molar-refractivity contribution >= 4 is 39.3 Å². The first-order valence-corrected chi connectivity index (χ1v) is 14.1. The number of aromatic hydroxyl groups is 1. The summed E-state index contributed by atoms with van der Waals surface area (Å²) >= 11 is 4.63. The number of halogens is 1. The summed E-state index contributed by atoms with van der Waals surface area (Å²) in [6.45, 7) is 9.84. The molecule has 0 spiro atoms. The fraction of sp³-hybridized carbons (Fsp3) is 0.276. The van der Waals surface area contributed by atoms with Crippen molar-refractivity contribution < 1.29 is 28.8 Å². The van der Waals surface area contributed by atoms with E-state index in [-0.39, 0.29) is 29.2 Å². The summed E-state index contributed by atoms with van der Waals surface area (Å²) in [4.78, 5) is 32.2. The van der Waals surface area contributed by atoms with Gasteiger partial charge in [0.05, 0.1) is 42.2 Å². The van der Waals surface area contributed by atoms with Gasteiger partial charge in [-0.2, -0.15) is 0 Å². The average molecular weight is 630 g/mol. The lowest BCUT2D eigenvalue weighted by atomic mass is 9.95. The van der Waals surface area contributed by atoms with E-state index in [1.54, 1.807) is 50.3 Å². The number of nitrogens with zero attached hydrogens (tertiary/aromatic N) is 2. The van der Waals surface area contributed by atoms with Crippen molar-refractivity contribution in [2.75, 3.05) is 26.9 Å². The van der Waals surface area contributed by atoms with Crippen LogP contribution in [0, 0.1) is 0 Å². The second-order valence-corrected chi connectivity index (χ2v) is 10.5. The number of hydrogen-bond acceptors (Lipinski definition) is 9. The number of rotatable bonds is 10. The van der Waals surface area contributed by atoms with Crippen LogP contribution in [0.4, 0.5) is 0 Å². The molecule has 1 atom stereocenters. The molecule has 0 fully saturated rings. The Labute approximate surface area is 243 Å². The minimum atomic E-state index is -0.817. The predicted octanol–water partition coefficient (Wildman–Crippen LogP) is 4.24. The highest BCUT2D eigenvalue weighted by molar-refractivity contribution is 9.10. The number of ether oxygens (including phenoxy) is 4. The quantitative estimate of drug-likeness (QED) is 0.264. The maximum atomic E-state index is 13.9. The molecule has 4 rings (SSSR count). The molecule has 2 heterocycles. The minimum Gasteiger partial charge on any atom is -0.504 e. The Hall–Kier alpha value is -3.83. The zero-order valence-corrected chi connectivity index (χ0v) is 24.9. The molecule has 0 radical (unpaired) electrons. The first-order chi connectivity index (χ1) is 19.2. The number of carbonyl (C=O) groups excluding carboxylic acids is 1. The van der Waals surface area contributed by atoms with Crippen LogP contribution in [-0.2, 0) is 9.53 Å². The van der Waals surface area contributed by atoms with Crippen LogP contribution >= 0.6 is 27.3 Å². The molecule has 40 heavy (non-hydrogen) atoms. The van der Waals surface area contributed by atoms with Crippen molar-refractivity contribution in [3.8, 4) is 23.0 Å². The summed E-state index contributed by atoms with van der Waals surface area (Å²) in [6.07, 6.45) is 3.32. The van der Waals surface area contributed by atoms with E-state index in [0.717, 1.165) is 0 Å². The summed E-state index contributed by atoms with van der Waals surface area (Å²) in [5.41, 5.74) is 1.63. The molecule has 3 aromatic rings. The van der Waals surface area contributed by atoms with Crippen LogP contribution in [-0.4, -0.2) is 42.6 Å². The van der Waals surface area contributed by atoms with E-state index in [9.17, 15) is 14.7 Å². The van der Waals surface area contributed by atoms with Crippen LogP contribution in [0.25, 0.3) is 6.08 Å². The van der Waals surface area contributed by atoms with Gasteiger partial charge in [-0.3, -0.25) is 9.36 Å². The maximum absolute atomic E-state index is 13.9. The molecular formula is C29H29BrN2O7S. The van der Waals surface area contributed by atoms with Crippen molar-refractivity contribution in [2.45, 2.75) is 26.8 Å². The second-order valence-electron chi connectivity index (χ2n) is 8.59. The Balaban J connectivity index is 1.96. The molecule has 210 valence electrons. The number of phenols is 1. The third-order valence-corrected chi connectivity index (χ3v) is 7.71. The monoisotopic (exact) mass is 628 g/mol. The Morgan fingerprint density at radius 1 is 1.18 bits per heavy atom. The van der Waals surface area contributed by atoms with Crippen LogP contribution in [0.3, 0.4) is 0 Å². The Kier molecular flexibility index (Phi) is 9.16. The first kappa shape index (κ1) is 29.2. The molecule has 0 bridgehead atoms. The fourth-order valence-corrected chi connectivity index (χ4v) is 5.80. The van der Waals surface area contributed by atoms with Gasteiger partial charge in [0.1, 0.15) is 6.61 Å². The molecular weight excluding hydrogens is 600 g/mol. The van der Waals surface area contributed by atoms with Crippen molar-refractivity contribution in [1.29, 1.82) is 0 Å². The lowest BCUT2D eigenvalue weighted by Crippen LogP contribution is -2.40. The fourth-order valence-electron chi connectivity index (χ4n) is 4.31. The number of aromatic nitrogens is 1. The zero-order chi connectivity index (χ0) is 29.0.